The second-order valence-corrected chi connectivity index (χ2v) is 6.74. The average Bonchev–Trinajstić information content (AvgIpc) is 2.52. The summed E-state index contributed by atoms with van der Waals surface area (Å²) in [5.74, 6) is -0.123. The SMILES string of the molecule is CCN(Cc1cccc(NC(=O)CC2(O)CCCCC2)c1)C(C)=O. The molecule has 0 atom stereocenters. The van der Waals surface area contributed by atoms with Gasteiger partial charge in [0.25, 0.3) is 0 Å². The lowest BCUT2D eigenvalue weighted by Crippen LogP contribution is -2.35. The predicted octanol–water partition coefficient (Wildman–Crippen LogP) is 3.08. The fourth-order valence-corrected chi connectivity index (χ4v) is 3.30. The first-order valence-corrected chi connectivity index (χ1v) is 8.78. The third kappa shape index (κ3) is 5.34. The molecule has 0 heterocycles. The Bertz CT molecular complexity index is 580. The zero-order valence-electron chi connectivity index (χ0n) is 14.7. The van der Waals surface area contributed by atoms with Crippen LogP contribution in [0.15, 0.2) is 24.3 Å². The van der Waals surface area contributed by atoms with Crippen molar-refractivity contribution in [1.82, 2.24) is 4.90 Å². The Kier molecular flexibility index (Phi) is 6.37. The summed E-state index contributed by atoms with van der Waals surface area (Å²) in [4.78, 5) is 25.5. The van der Waals surface area contributed by atoms with Crippen LogP contribution >= 0.6 is 0 Å². The minimum atomic E-state index is -0.854. The summed E-state index contributed by atoms with van der Waals surface area (Å²) < 4.78 is 0. The number of nitrogens with one attached hydrogen (secondary N) is 1. The minimum absolute atomic E-state index is 0.0338. The topological polar surface area (TPSA) is 69.6 Å². The Morgan fingerprint density at radius 1 is 1.25 bits per heavy atom. The number of hydrogen-bond donors (Lipinski definition) is 2. The van der Waals surface area contributed by atoms with Crippen LogP contribution in [-0.4, -0.2) is 34.0 Å². The van der Waals surface area contributed by atoms with E-state index in [0.717, 1.165) is 24.8 Å². The molecule has 1 saturated carbocycles. The smallest absolute Gasteiger partial charge is 0.227 e. The van der Waals surface area contributed by atoms with Gasteiger partial charge in [0.15, 0.2) is 0 Å². The number of hydrogen-bond acceptors (Lipinski definition) is 3. The van der Waals surface area contributed by atoms with Gasteiger partial charge in [-0.2, -0.15) is 0 Å². The van der Waals surface area contributed by atoms with E-state index in [4.69, 9.17) is 0 Å². The molecular formula is C19H28N2O3. The standard InChI is InChI=1S/C19H28N2O3/c1-3-21(15(2)22)14-16-8-7-9-17(12-16)20-18(23)13-19(24)10-5-4-6-11-19/h7-9,12,24H,3-6,10-11,13-14H2,1-2H3,(H,20,23). The summed E-state index contributed by atoms with van der Waals surface area (Å²) in [5, 5.41) is 13.4. The van der Waals surface area contributed by atoms with Gasteiger partial charge in [-0.05, 0) is 37.5 Å². The van der Waals surface area contributed by atoms with Gasteiger partial charge >= 0.3 is 0 Å². The number of amides is 2. The average molecular weight is 332 g/mol. The monoisotopic (exact) mass is 332 g/mol. The normalized spacial score (nSPS) is 16.5. The van der Waals surface area contributed by atoms with Gasteiger partial charge in [-0.3, -0.25) is 9.59 Å². The molecule has 132 valence electrons. The summed E-state index contributed by atoms with van der Waals surface area (Å²) in [6.07, 6.45) is 4.64. The minimum Gasteiger partial charge on any atom is -0.389 e. The van der Waals surface area contributed by atoms with Crippen LogP contribution in [0.4, 0.5) is 5.69 Å². The van der Waals surface area contributed by atoms with Crippen LogP contribution in [0, 0.1) is 0 Å². The highest BCUT2D eigenvalue weighted by atomic mass is 16.3. The van der Waals surface area contributed by atoms with Gasteiger partial charge in [0.1, 0.15) is 0 Å². The lowest BCUT2D eigenvalue weighted by Gasteiger charge is -2.31. The first-order valence-electron chi connectivity index (χ1n) is 8.78. The Morgan fingerprint density at radius 3 is 2.58 bits per heavy atom. The molecule has 0 aromatic heterocycles. The van der Waals surface area contributed by atoms with E-state index in [9.17, 15) is 14.7 Å². The highest BCUT2D eigenvalue weighted by molar-refractivity contribution is 5.91. The van der Waals surface area contributed by atoms with Gasteiger partial charge in [0.05, 0.1) is 12.0 Å². The molecule has 2 amide bonds. The van der Waals surface area contributed by atoms with Crippen molar-refractivity contribution in [3.05, 3.63) is 29.8 Å². The number of carbonyl (C=O) groups excluding carboxylic acids is 2. The van der Waals surface area contributed by atoms with E-state index < -0.39 is 5.60 Å². The van der Waals surface area contributed by atoms with Crippen molar-refractivity contribution >= 4 is 17.5 Å². The van der Waals surface area contributed by atoms with Crippen molar-refractivity contribution in [2.75, 3.05) is 11.9 Å². The van der Waals surface area contributed by atoms with Gasteiger partial charge < -0.3 is 15.3 Å². The zero-order valence-corrected chi connectivity index (χ0v) is 14.7. The molecule has 0 spiro atoms. The van der Waals surface area contributed by atoms with E-state index in [0.29, 0.717) is 31.6 Å². The Morgan fingerprint density at radius 2 is 1.96 bits per heavy atom. The summed E-state index contributed by atoms with van der Waals surface area (Å²) in [6.45, 7) is 4.68. The lowest BCUT2D eigenvalue weighted by atomic mass is 9.82. The van der Waals surface area contributed by atoms with Crippen molar-refractivity contribution in [2.45, 2.75) is 64.5 Å². The van der Waals surface area contributed by atoms with E-state index in [-0.39, 0.29) is 18.2 Å². The van der Waals surface area contributed by atoms with E-state index >= 15 is 0 Å². The first-order chi connectivity index (χ1) is 11.4. The molecule has 0 unspecified atom stereocenters. The molecule has 2 N–H and O–H groups in total. The number of anilines is 1. The van der Waals surface area contributed by atoms with E-state index in [1.165, 1.54) is 0 Å². The highest BCUT2D eigenvalue weighted by Crippen LogP contribution is 2.31. The summed E-state index contributed by atoms with van der Waals surface area (Å²) in [7, 11) is 0. The van der Waals surface area contributed by atoms with Crippen LogP contribution in [0.5, 0.6) is 0 Å². The van der Waals surface area contributed by atoms with E-state index in [1.807, 2.05) is 31.2 Å². The van der Waals surface area contributed by atoms with Crippen LogP contribution in [0.3, 0.4) is 0 Å². The maximum absolute atomic E-state index is 12.2. The molecule has 5 heteroatoms. The third-order valence-corrected chi connectivity index (χ3v) is 4.69. The first kappa shape index (κ1) is 18.5. The van der Waals surface area contributed by atoms with Crippen molar-refractivity contribution in [2.24, 2.45) is 0 Å². The van der Waals surface area contributed by atoms with Crippen molar-refractivity contribution in [1.29, 1.82) is 0 Å². The maximum atomic E-state index is 12.2. The van der Waals surface area contributed by atoms with Gasteiger partial charge in [-0.15, -0.1) is 0 Å². The summed E-state index contributed by atoms with van der Waals surface area (Å²) >= 11 is 0. The molecule has 0 bridgehead atoms. The third-order valence-electron chi connectivity index (χ3n) is 4.69. The molecule has 1 aliphatic carbocycles. The Hall–Kier alpha value is -1.88. The lowest BCUT2D eigenvalue weighted by molar-refractivity contribution is -0.129. The molecule has 1 aromatic carbocycles. The molecule has 5 nitrogen and oxygen atoms in total. The molecule has 24 heavy (non-hydrogen) atoms. The number of benzene rings is 1. The zero-order chi connectivity index (χ0) is 17.6. The van der Waals surface area contributed by atoms with Crippen LogP contribution < -0.4 is 5.32 Å². The molecule has 0 saturated heterocycles. The quantitative estimate of drug-likeness (QED) is 0.841. The molecule has 1 aromatic rings. The van der Waals surface area contributed by atoms with Crippen molar-refractivity contribution in [3.8, 4) is 0 Å². The van der Waals surface area contributed by atoms with Gasteiger partial charge in [-0.25, -0.2) is 0 Å². The second kappa shape index (κ2) is 8.29. The molecule has 0 aliphatic heterocycles. The second-order valence-electron chi connectivity index (χ2n) is 6.74. The summed E-state index contributed by atoms with van der Waals surface area (Å²) in [5.41, 5.74) is 0.825. The molecule has 1 fully saturated rings. The van der Waals surface area contributed by atoms with Crippen LogP contribution in [0.25, 0.3) is 0 Å². The maximum Gasteiger partial charge on any atom is 0.227 e. The van der Waals surface area contributed by atoms with Crippen molar-refractivity contribution in [3.63, 3.8) is 0 Å². The van der Waals surface area contributed by atoms with Crippen LogP contribution in [-0.2, 0) is 16.1 Å². The van der Waals surface area contributed by atoms with Gasteiger partial charge in [-0.1, -0.05) is 31.4 Å². The van der Waals surface area contributed by atoms with Gasteiger partial charge in [0, 0.05) is 25.7 Å². The van der Waals surface area contributed by atoms with Crippen LogP contribution in [0.2, 0.25) is 0 Å². The molecule has 0 radical (unpaired) electrons. The van der Waals surface area contributed by atoms with E-state index in [1.54, 1.807) is 11.8 Å². The highest BCUT2D eigenvalue weighted by Gasteiger charge is 2.31. The number of rotatable bonds is 6. The Labute approximate surface area is 144 Å². The predicted molar refractivity (Wildman–Crippen MR) is 94.5 cm³/mol. The largest absolute Gasteiger partial charge is 0.389 e. The molecular weight excluding hydrogens is 304 g/mol. The fraction of sp³-hybridized carbons (Fsp3) is 0.579. The summed E-state index contributed by atoms with van der Waals surface area (Å²) in [6, 6.07) is 7.52. The number of aliphatic hydroxyl groups is 1. The number of carbonyl (C=O) groups is 2. The number of nitrogens with zero attached hydrogens (tertiary/aromatic N) is 1. The van der Waals surface area contributed by atoms with Crippen molar-refractivity contribution < 1.29 is 14.7 Å². The van der Waals surface area contributed by atoms with Gasteiger partial charge in [0.2, 0.25) is 11.8 Å². The van der Waals surface area contributed by atoms with E-state index in [2.05, 4.69) is 5.32 Å². The molecule has 1 aliphatic rings. The Balaban J connectivity index is 1.96. The molecule has 2 rings (SSSR count). The fourth-order valence-electron chi connectivity index (χ4n) is 3.30. The van der Waals surface area contributed by atoms with Crippen LogP contribution in [0.1, 0.15) is 57.9 Å².